The lowest BCUT2D eigenvalue weighted by Gasteiger charge is -2.22. The number of methoxy groups -OCH3 is 1. The summed E-state index contributed by atoms with van der Waals surface area (Å²) in [7, 11) is 1.62. The van der Waals surface area contributed by atoms with Crippen LogP contribution in [0.5, 0.6) is 0 Å². The van der Waals surface area contributed by atoms with Crippen molar-refractivity contribution in [3.05, 3.63) is 21.2 Å². The largest absolute Gasteiger partial charge is 0.383 e. The van der Waals surface area contributed by atoms with E-state index in [4.69, 9.17) is 16.3 Å². The highest BCUT2D eigenvalue weighted by molar-refractivity contribution is 9.10. The van der Waals surface area contributed by atoms with Crippen molar-refractivity contribution in [2.45, 2.75) is 0 Å². The lowest BCUT2D eigenvalue weighted by molar-refractivity contribution is 0.205. The Balaban J connectivity index is 2.91. The van der Waals surface area contributed by atoms with E-state index in [2.05, 4.69) is 25.9 Å². The van der Waals surface area contributed by atoms with Crippen LogP contribution in [0.2, 0.25) is 0 Å². The number of halogens is 2. The topological polar surface area (TPSA) is 58.2 Å². The number of aromatic amines is 1. The number of nitrogens with zero attached hydrogens (tertiary/aromatic N) is 2. The van der Waals surface area contributed by atoms with E-state index < -0.39 is 0 Å². The first-order valence-electron chi connectivity index (χ1n) is 4.73. The van der Waals surface area contributed by atoms with Gasteiger partial charge in [0.15, 0.2) is 0 Å². The zero-order chi connectivity index (χ0) is 12.0. The average molecular weight is 311 g/mol. The van der Waals surface area contributed by atoms with Gasteiger partial charge in [-0.3, -0.25) is 4.79 Å². The van der Waals surface area contributed by atoms with Gasteiger partial charge in [0, 0.05) is 26.1 Å². The number of anilines is 1. The average Bonchev–Trinajstić information content (AvgIpc) is 2.28. The Labute approximate surface area is 107 Å². The summed E-state index contributed by atoms with van der Waals surface area (Å²) < 4.78 is 5.41. The summed E-state index contributed by atoms with van der Waals surface area (Å²) in [5.41, 5.74) is -0.206. The molecule has 0 saturated heterocycles. The van der Waals surface area contributed by atoms with Gasteiger partial charge in [0.1, 0.15) is 10.3 Å². The third kappa shape index (κ3) is 3.47. The number of alkyl halides is 1. The van der Waals surface area contributed by atoms with Crippen LogP contribution in [-0.4, -0.2) is 42.7 Å². The molecule has 1 N–H and O–H groups in total. The molecule has 1 aromatic heterocycles. The summed E-state index contributed by atoms with van der Waals surface area (Å²) in [5.74, 6) is 1.05. The fraction of sp³-hybridized carbons (Fsp3) is 0.556. The van der Waals surface area contributed by atoms with E-state index >= 15 is 0 Å². The van der Waals surface area contributed by atoms with Crippen LogP contribution < -0.4 is 10.5 Å². The Morgan fingerprint density at radius 3 is 3.00 bits per heavy atom. The standard InChI is InChI=1S/C9H13BrClN3O2/c1-16-5-4-14(3-2-11)8-7(10)9(15)13-6-12-8/h6H,2-5H2,1H3,(H,12,13,15). The minimum Gasteiger partial charge on any atom is -0.383 e. The fourth-order valence-electron chi connectivity index (χ4n) is 1.22. The number of ether oxygens (including phenoxy) is 1. The monoisotopic (exact) mass is 309 g/mol. The molecule has 0 spiro atoms. The van der Waals surface area contributed by atoms with Crippen LogP contribution >= 0.6 is 27.5 Å². The zero-order valence-electron chi connectivity index (χ0n) is 8.87. The highest BCUT2D eigenvalue weighted by Gasteiger charge is 2.13. The molecule has 0 aliphatic heterocycles. The van der Waals surface area contributed by atoms with Crippen molar-refractivity contribution in [1.82, 2.24) is 9.97 Å². The first kappa shape index (κ1) is 13.5. The van der Waals surface area contributed by atoms with Crippen LogP contribution in [0.15, 0.2) is 15.6 Å². The maximum Gasteiger partial charge on any atom is 0.267 e. The van der Waals surface area contributed by atoms with Gasteiger partial charge in [-0.1, -0.05) is 0 Å². The third-order valence-electron chi connectivity index (χ3n) is 2.00. The Morgan fingerprint density at radius 2 is 2.38 bits per heavy atom. The number of hydrogen-bond acceptors (Lipinski definition) is 4. The van der Waals surface area contributed by atoms with Crippen molar-refractivity contribution in [2.24, 2.45) is 0 Å². The summed E-state index contributed by atoms with van der Waals surface area (Å²) in [6.45, 7) is 1.80. The minimum absolute atomic E-state index is 0.206. The highest BCUT2D eigenvalue weighted by atomic mass is 79.9. The molecule has 7 heteroatoms. The van der Waals surface area contributed by atoms with Gasteiger partial charge in [-0.15, -0.1) is 11.6 Å². The van der Waals surface area contributed by atoms with Crippen LogP contribution in [0.25, 0.3) is 0 Å². The molecule has 0 aliphatic rings. The second-order valence-electron chi connectivity index (χ2n) is 3.04. The number of aromatic nitrogens is 2. The summed E-state index contributed by atoms with van der Waals surface area (Å²) in [6.07, 6.45) is 1.37. The van der Waals surface area contributed by atoms with E-state index in [0.29, 0.717) is 35.9 Å². The highest BCUT2D eigenvalue weighted by Crippen LogP contribution is 2.18. The molecule has 90 valence electrons. The van der Waals surface area contributed by atoms with Crippen LogP contribution in [0.1, 0.15) is 0 Å². The van der Waals surface area contributed by atoms with Gasteiger partial charge in [0.05, 0.1) is 12.9 Å². The van der Waals surface area contributed by atoms with E-state index in [1.807, 2.05) is 4.90 Å². The molecular formula is C9H13BrClN3O2. The van der Waals surface area contributed by atoms with Gasteiger partial charge in [-0.05, 0) is 15.9 Å². The number of rotatable bonds is 6. The summed E-state index contributed by atoms with van der Waals surface area (Å²) >= 11 is 8.92. The van der Waals surface area contributed by atoms with Crippen molar-refractivity contribution in [3.8, 4) is 0 Å². The molecule has 5 nitrogen and oxygen atoms in total. The van der Waals surface area contributed by atoms with E-state index in [9.17, 15) is 4.79 Å². The van der Waals surface area contributed by atoms with Gasteiger partial charge in [0.2, 0.25) is 0 Å². The van der Waals surface area contributed by atoms with Crippen LogP contribution in [0, 0.1) is 0 Å². The molecule has 0 saturated carbocycles. The molecule has 0 aromatic carbocycles. The van der Waals surface area contributed by atoms with E-state index in [1.165, 1.54) is 6.33 Å². The van der Waals surface area contributed by atoms with Crippen molar-refractivity contribution in [1.29, 1.82) is 0 Å². The number of hydrogen-bond donors (Lipinski definition) is 1. The van der Waals surface area contributed by atoms with Crippen molar-refractivity contribution in [2.75, 3.05) is 37.6 Å². The maximum atomic E-state index is 11.4. The van der Waals surface area contributed by atoms with Gasteiger partial charge in [0.25, 0.3) is 5.56 Å². The number of nitrogens with one attached hydrogen (secondary N) is 1. The molecule has 1 aromatic rings. The minimum atomic E-state index is -0.206. The molecule has 1 rings (SSSR count). The molecule has 1 heterocycles. The molecule has 0 bridgehead atoms. The Bertz CT molecular complexity index is 385. The molecule has 0 aliphatic carbocycles. The van der Waals surface area contributed by atoms with Crippen molar-refractivity contribution < 1.29 is 4.74 Å². The predicted molar refractivity (Wildman–Crippen MR) is 67.4 cm³/mol. The molecule has 0 amide bonds. The number of H-pyrrole nitrogens is 1. The molecule has 0 radical (unpaired) electrons. The Kier molecular flexibility index (Phi) is 5.79. The molecule has 0 fully saturated rings. The van der Waals surface area contributed by atoms with Crippen molar-refractivity contribution in [3.63, 3.8) is 0 Å². The van der Waals surface area contributed by atoms with Gasteiger partial charge in [-0.25, -0.2) is 4.98 Å². The molecule has 16 heavy (non-hydrogen) atoms. The normalized spacial score (nSPS) is 10.4. The van der Waals surface area contributed by atoms with Gasteiger partial charge < -0.3 is 14.6 Å². The Hall–Kier alpha value is -0.590. The second-order valence-corrected chi connectivity index (χ2v) is 4.21. The smallest absolute Gasteiger partial charge is 0.267 e. The zero-order valence-corrected chi connectivity index (χ0v) is 11.2. The maximum absolute atomic E-state index is 11.4. The van der Waals surface area contributed by atoms with Crippen LogP contribution in [0.4, 0.5) is 5.82 Å². The quantitative estimate of drug-likeness (QED) is 0.803. The van der Waals surface area contributed by atoms with Crippen molar-refractivity contribution >= 4 is 33.3 Å². The van der Waals surface area contributed by atoms with Crippen LogP contribution in [0.3, 0.4) is 0 Å². The van der Waals surface area contributed by atoms with Gasteiger partial charge in [-0.2, -0.15) is 0 Å². The van der Waals surface area contributed by atoms with E-state index in [1.54, 1.807) is 7.11 Å². The predicted octanol–water partition coefficient (Wildman–Crippen LogP) is 1.22. The van der Waals surface area contributed by atoms with E-state index in [0.717, 1.165) is 0 Å². The van der Waals surface area contributed by atoms with E-state index in [-0.39, 0.29) is 5.56 Å². The summed E-state index contributed by atoms with van der Waals surface area (Å²) in [5, 5.41) is 0. The Morgan fingerprint density at radius 1 is 1.62 bits per heavy atom. The SMILES string of the molecule is COCCN(CCCl)c1nc[nH]c(=O)c1Br. The fourth-order valence-corrected chi connectivity index (χ4v) is 1.89. The second kappa shape index (κ2) is 6.88. The molecular weight excluding hydrogens is 297 g/mol. The van der Waals surface area contributed by atoms with Gasteiger partial charge >= 0.3 is 0 Å². The molecule has 0 unspecified atom stereocenters. The van der Waals surface area contributed by atoms with Crippen LogP contribution in [-0.2, 0) is 4.74 Å². The summed E-state index contributed by atoms with van der Waals surface area (Å²) in [6, 6.07) is 0. The first-order chi connectivity index (χ1) is 7.70. The summed E-state index contributed by atoms with van der Waals surface area (Å²) in [4.78, 5) is 19.9. The molecule has 0 atom stereocenters. The third-order valence-corrected chi connectivity index (χ3v) is 2.88. The lowest BCUT2D eigenvalue weighted by atomic mass is 10.4. The first-order valence-corrected chi connectivity index (χ1v) is 6.06. The lowest BCUT2D eigenvalue weighted by Crippen LogP contribution is -2.31.